The van der Waals surface area contributed by atoms with E-state index in [0.717, 1.165) is 53.6 Å². The molecule has 0 radical (unpaired) electrons. The summed E-state index contributed by atoms with van der Waals surface area (Å²) < 4.78 is 48.4. The van der Waals surface area contributed by atoms with Crippen LogP contribution in [0.4, 0.5) is 10.1 Å². The molecule has 0 bridgehead atoms. The van der Waals surface area contributed by atoms with Crippen molar-refractivity contribution < 1.29 is 17.5 Å². The van der Waals surface area contributed by atoms with E-state index in [1.807, 2.05) is 18.3 Å². The number of pyridine rings is 2. The van der Waals surface area contributed by atoms with E-state index < -0.39 is 15.7 Å². The Morgan fingerprint density at radius 3 is 2.62 bits per heavy atom. The van der Waals surface area contributed by atoms with Crippen molar-refractivity contribution in [3.8, 4) is 5.75 Å². The molecule has 2 aromatic heterocycles. The summed E-state index contributed by atoms with van der Waals surface area (Å²) in [6, 6.07) is 5.53. The van der Waals surface area contributed by atoms with E-state index in [4.69, 9.17) is 4.74 Å². The first kappa shape index (κ1) is 23.0. The average Bonchev–Trinajstić information content (AvgIpc) is 3.58. The molecule has 0 amide bonds. The highest BCUT2D eigenvalue weighted by Gasteiger charge is 2.32. The number of aromatic nitrogens is 2. The molecule has 1 atom stereocenters. The molecule has 1 unspecified atom stereocenters. The third-order valence-corrected chi connectivity index (χ3v) is 7.88. The second kappa shape index (κ2) is 8.46. The minimum atomic E-state index is -3.91. The number of sulfonamides is 1. The predicted molar refractivity (Wildman–Crippen MR) is 130 cm³/mol. The number of halogens is 1. The van der Waals surface area contributed by atoms with Gasteiger partial charge in [-0.25, -0.2) is 17.5 Å². The zero-order chi connectivity index (χ0) is 24.1. The van der Waals surface area contributed by atoms with E-state index in [9.17, 15) is 12.8 Å². The first-order chi connectivity index (χ1) is 16.1. The molecule has 2 aliphatic carbocycles. The molecular weight excluding hydrogens is 455 g/mol. The smallest absolute Gasteiger partial charge is 0.241 e. The van der Waals surface area contributed by atoms with Crippen LogP contribution in [0.15, 0.2) is 41.7 Å². The van der Waals surface area contributed by atoms with Gasteiger partial charge in [-0.2, -0.15) is 0 Å². The fourth-order valence-electron chi connectivity index (χ4n) is 4.56. The molecule has 0 saturated heterocycles. The van der Waals surface area contributed by atoms with Gasteiger partial charge in [-0.3, -0.25) is 9.97 Å². The van der Waals surface area contributed by atoms with Gasteiger partial charge in [0.15, 0.2) is 0 Å². The Balaban J connectivity index is 1.60. The maximum Gasteiger partial charge on any atom is 0.241 e. The molecular formula is C25H29FN4O3S. The van der Waals surface area contributed by atoms with Crippen LogP contribution in [0.3, 0.4) is 0 Å². The van der Waals surface area contributed by atoms with E-state index in [1.54, 1.807) is 25.6 Å². The Morgan fingerprint density at radius 1 is 1.12 bits per heavy atom. The summed E-state index contributed by atoms with van der Waals surface area (Å²) in [5.74, 6) is 1.04. The molecule has 2 N–H and O–H groups in total. The highest BCUT2D eigenvalue weighted by Crippen LogP contribution is 2.44. The van der Waals surface area contributed by atoms with Crippen molar-refractivity contribution in [2.75, 3.05) is 19.0 Å². The van der Waals surface area contributed by atoms with Crippen LogP contribution in [0, 0.1) is 0 Å². The molecule has 1 saturated carbocycles. The first-order valence-electron chi connectivity index (χ1n) is 11.5. The highest BCUT2D eigenvalue weighted by atomic mass is 32.2. The molecule has 2 heterocycles. The quantitative estimate of drug-likeness (QED) is 0.484. The minimum Gasteiger partial charge on any atom is -0.495 e. The second-order valence-corrected chi connectivity index (χ2v) is 11.5. The standard InChI is InChI=1S/C25H29FN4O3S/c1-25(2,26)14-29-34(31,32)23-8-16-6-7-21(30-17-9-18(33-3)12-27-11-17)24(16)20-13-28-22(10-19(20)23)15-4-5-15/h8-13,15,21,29-30H,4-7,14H2,1-3H3. The largest absolute Gasteiger partial charge is 0.495 e. The van der Waals surface area contributed by atoms with Gasteiger partial charge < -0.3 is 10.1 Å². The third kappa shape index (κ3) is 4.59. The number of fused-ring (bicyclic) bond motifs is 3. The Labute approximate surface area is 199 Å². The zero-order valence-electron chi connectivity index (χ0n) is 19.6. The Hall–Kier alpha value is -2.78. The van der Waals surface area contributed by atoms with Crippen molar-refractivity contribution in [1.82, 2.24) is 14.7 Å². The summed E-state index contributed by atoms with van der Waals surface area (Å²) in [5.41, 5.74) is 2.10. The Bertz CT molecular complexity index is 1350. The molecule has 180 valence electrons. The number of nitrogens with zero attached hydrogens (tertiary/aromatic N) is 2. The van der Waals surface area contributed by atoms with Crippen molar-refractivity contribution in [3.05, 3.63) is 53.6 Å². The summed E-state index contributed by atoms with van der Waals surface area (Å²) in [6.07, 6.45) is 8.86. The van der Waals surface area contributed by atoms with Crippen molar-refractivity contribution in [2.45, 2.75) is 62.1 Å². The number of nitrogens with one attached hydrogen (secondary N) is 2. The lowest BCUT2D eigenvalue weighted by atomic mass is 9.99. The Kier molecular flexibility index (Phi) is 5.72. The maximum atomic E-state index is 14.1. The van der Waals surface area contributed by atoms with Gasteiger partial charge in [0.2, 0.25) is 10.0 Å². The SMILES string of the molecule is COc1cncc(NC2CCc3cc(S(=O)(=O)NCC(C)(C)F)c4cc(C5CC5)ncc4c32)c1. The monoisotopic (exact) mass is 484 g/mol. The van der Waals surface area contributed by atoms with Crippen LogP contribution in [0.1, 0.15) is 61.9 Å². The molecule has 3 aromatic rings. The molecule has 7 nitrogen and oxygen atoms in total. The number of benzene rings is 1. The number of hydrogen-bond acceptors (Lipinski definition) is 6. The topological polar surface area (TPSA) is 93.2 Å². The number of aryl methyl sites for hydroxylation is 1. The van der Waals surface area contributed by atoms with Gasteiger partial charge in [-0.1, -0.05) is 0 Å². The molecule has 1 aromatic carbocycles. The van der Waals surface area contributed by atoms with Crippen LogP contribution in [0.25, 0.3) is 10.8 Å². The highest BCUT2D eigenvalue weighted by molar-refractivity contribution is 7.89. The summed E-state index contributed by atoms with van der Waals surface area (Å²) >= 11 is 0. The average molecular weight is 485 g/mol. The van der Waals surface area contributed by atoms with Crippen LogP contribution in [-0.4, -0.2) is 37.7 Å². The molecule has 2 aliphatic rings. The van der Waals surface area contributed by atoms with Crippen molar-refractivity contribution in [3.63, 3.8) is 0 Å². The molecule has 0 spiro atoms. The van der Waals surface area contributed by atoms with E-state index in [2.05, 4.69) is 20.0 Å². The van der Waals surface area contributed by atoms with Crippen molar-refractivity contribution in [2.24, 2.45) is 0 Å². The van der Waals surface area contributed by atoms with E-state index in [0.29, 0.717) is 17.1 Å². The number of rotatable bonds is 8. The van der Waals surface area contributed by atoms with Crippen LogP contribution in [0.2, 0.25) is 0 Å². The lowest BCUT2D eigenvalue weighted by Gasteiger charge is -2.20. The van der Waals surface area contributed by atoms with Gasteiger partial charge in [0.25, 0.3) is 0 Å². The summed E-state index contributed by atoms with van der Waals surface area (Å²) in [7, 11) is -2.31. The molecule has 5 rings (SSSR count). The number of methoxy groups -OCH3 is 1. The normalized spacial score (nSPS) is 18.2. The van der Waals surface area contributed by atoms with Gasteiger partial charge in [0.05, 0.1) is 36.1 Å². The number of alkyl halides is 1. The van der Waals surface area contributed by atoms with Crippen molar-refractivity contribution >= 4 is 26.5 Å². The molecule has 1 fully saturated rings. The minimum absolute atomic E-state index is 0.0190. The summed E-state index contributed by atoms with van der Waals surface area (Å²) in [4.78, 5) is 9.10. The van der Waals surface area contributed by atoms with Gasteiger partial charge >= 0.3 is 0 Å². The van der Waals surface area contributed by atoms with Crippen molar-refractivity contribution in [1.29, 1.82) is 0 Å². The van der Waals surface area contributed by atoms with Crippen LogP contribution >= 0.6 is 0 Å². The van der Waals surface area contributed by atoms with E-state index in [1.165, 1.54) is 13.8 Å². The second-order valence-electron chi connectivity index (χ2n) is 9.77. The third-order valence-electron chi connectivity index (χ3n) is 6.44. The fourth-order valence-corrected chi connectivity index (χ4v) is 6.01. The van der Waals surface area contributed by atoms with Crippen LogP contribution in [-0.2, 0) is 16.4 Å². The first-order valence-corrected chi connectivity index (χ1v) is 13.0. The zero-order valence-corrected chi connectivity index (χ0v) is 20.4. The number of ether oxygens (including phenoxy) is 1. The Morgan fingerprint density at radius 2 is 1.91 bits per heavy atom. The number of anilines is 1. The van der Waals surface area contributed by atoms with Gasteiger partial charge in [-0.05, 0) is 62.8 Å². The summed E-state index contributed by atoms with van der Waals surface area (Å²) in [5, 5.41) is 4.98. The molecule has 9 heteroatoms. The maximum absolute atomic E-state index is 14.1. The van der Waals surface area contributed by atoms with Crippen LogP contribution in [0.5, 0.6) is 5.75 Å². The molecule has 0 aliphatic heterocycles. The van der Waals surface area contributed by atoms with Gasteiger partial charge in [-0.15, -0.1) is 0 Å². The lowest BCUT2D eigenvalue weighted by molar-refractivity contribution is 0.221. The van der Waals surface area contributed by atoms with E-state index >= 15 is 0 Å². The fraction of sp³-hybridized carbons (Fsp3) is 0.440. The van der Waals surface area contributed by atoms with Crippen LogP contribution < -0.4 is 14.8 Å². The number of hydrogen-bond donors (Lipinski definition) is 2. The van der Waals surface area contributed by atoms with E-state index in [-0.39, 0.29) is 17.5 Å². The summed E-state index contributed by atoms with van der Waals surface area (Å²) in [6.45, 7) is 2.42. The predicted octanol–water partition coefficient (Wildman–Crippen LogP) is 4.64. The van der Waals surface area contributed by atoms with Gasteiger partial charge in [0, 0.05) is 41.2 Å². The lowest BCUT2D eigenvalue weighted by Crippen LogP contribution is -2.35. The van der Waals surface area contributed by atoms with Gasteiger partial charge in [0.1, 0.15) is 11.4 Å². The molecule has 34 heavy (non-hydrogen) atoms.